The van der Waals surface area contributed by atoms with Crippen molar-refractivity contribution < 1.29 is 9.15 Å². The van der Waals surface area contributed by atoms with Gasteiger partial charge in [0.25, 0.3) is 0 Å². The molecule has 0 saturated heterocycles. The van der Waals surface area contributed by atoms with Gasteiger partial charge in [-0.1, -0.05) is 67.0 Å². The fourth-order valence-electron chi connectivity index (χ4n) is 3.83. The highest BCUT2D eigenvalue weighted by molar-refractivity contribution is 9.08. The Balaban J connectivity index is 1.55. The summed E-state index contributed by atoms with van der Waals surface area (Å²) in [6, 6.07) is 22.8. The molecule has 2 aromatic heterocycles. The highest BCUT2D eigenvalue weighted by atomic mass is 79.9. The zero-order valence-corrected chi connectivity index (χ0v) is 20.2. The van der Waals surface area contributed by atoms with Crippen molar-refractivity contribution in [3.8, 4) is 17.2 Å². The molecular weight excluding hydrogens is 464 g/mol. The van der Waals surface area contributed by atoms with Crippen molar-refractivity contribution in [2.45, 2.75) is 38.1 Å². The number of rotatable bonds is 8. The van der Waals surface area contributed by atoms with E-state index in [2.05, 4.69) is 83.1 Å². The number of benzene rings is 2. The fraction of sp³-hybridized carbons (Fsp3) is 0.259. The number of pyridine rings is 1. The summed E-state index contributed by atoms with van der Waals surface area (Å²) in [5.41, 5.74) is 5.15. The van der Waals surface area contributed by atoms with Gasteiger partial charge in [0.2, 0.25) is 5.89 Å². The van der Waals surface area contributed by atoms with E-state index in [4.69, 9.17) is 9.15 Å². The molecule has 0 amide bonds. The predicted octanol–water partition coefficient (Wildman–Crippen LogP) is 7.17. The highest BCUT2D eigenvalue weighted by Gasteiger charge is 2.32. The number of nitrogens with zero attached hydrogens (tertiary/aromatic N) is 2. The zero-order valence-electron chi connectivity index (χ0n) is 18.6. The van der Waals surface area contributed by atoms with Crippen LogP contribution in [0.2, 0.25) is 0 Å². The van der Waals surface area contributed by atoms with Gasteiger partial charge < -0.3 is 9.15 Å². The standard InChI is InChI=1S/C27H27BrN2O2/c1-19(2)27(3,21-9-7-20(8-10-21)26-30-24(16-28)18-32-26)22-11-13-25(14-12-22)31-17-23-6-4-5-15-29-23/h4-15,18-19H,16-17H2,1-3H3. The topological polar surface area (TPSA) is 48.2 Å². The van der Waals surface area contributed by atoms with Crippen molar-refractivity contribution in [1.29, 1.82) is 0 Å². The van der Waals surface area contributed by atoms with Crippen LogP contribution in [0.15, 0.2) is 83.6 Å². The van der Waals surface area contributed by atoms with E-state index in [-0.39, 0.29) is 5.41 Å². The van der Waals surface area contributed by atoms with Crippen LogP contribution in [0.5, 0.6) is 5.75 Å². The van der Waals surface area contributed by atoms with Crippen LogP contribution in [0.3, 0.4) is 0 Å². The number of alkyl halides is 1. The normalized spacial score (nSPS) is 13.2. The minimum absolute atomic E-state index is 0.143. The van der Waals surface area contributed by atoms with Gasteiger partial charge in [-0.2, -0.15) is 0 Å². The number of aromatic nitrogens is 2. The van der Waals surface area contributed by atoms with Gasteiger partial charge in [-0.25, -0.2) is 4.98 Å². The van der Waals surface area contributed by atoms with Gasteiger partial charge >= 0.3 is 0 Å². The van der Waals surface area contributed by atoms with Gasteiger partial charge in [0.15, 0.2) is 0 Å². The van der Waals surface area contributed by atoms with Gasteiger partial charge in [0.05, 0.1) is 11.4 Å². The maximum absolute atomic E-state index is 5.92. The molecule has 2 aromatic carbocycles. The lowest BCUT2D eigenvalue weighted by atomic mass is 9.68. The summed E-state index contributed by atoms with van der Waals surface area (Å²) in [6.45, 7) is 7.27. The third-order valence-corrected chi connectivity index (χ3v) is 6.72. The van der Waals surface area contributed by atoms with Crippen molar-refractivity contribution in [3.63, 3.8) is 0 Å². The molecule has 0 bridgehead atoms. The summed E-state index contributed by atoms with van der Waals surface area (Å²) in [6.07, 6.45) is 3.47. The molecule has 1 atom stereocenters. The maximum Gasteiger partial charge on any atom is 0.226 e. The number of oxazole rings is 1. The van der Waals surface area contributed by atoms with Crippen LogP contribution in [-0.4, -0.2) is 9.97 Å². The SMILES string of the molecule is CC(C)C(C)(c1ccc(OCc2ccccn2)cc1)c1ccc(-c2nc(CBr)co2)cc1. The molecule has 0 aliphatic rings. The summed E-state index contributed by atoms with van der Waals surface area (Å²) in [7, 11) is 0. The van der Waals surface area contributed by atoms with E-state index in [0.29, 0.717) is 23.7 Å². The van der Waals surface area contributed by atoms with Gasteiger partial charge in [0, 0.05) is 22.5 Å². The second-order valence-corrected chi connectivity index (χ2v) is 8.91. The third-order valence-electron chi connectivity index (χ3n) is 6.14. The summed E-state index contributed by atoms with van der Waals surface area (Å²) >= 11 is 3.41. The van der Waals surface area contributed by atoms with Gasteiger partial charge in [-0.05, 0) is 53.4 Å². The van der Waals surface area contributed by atoms with E-state index in [1.165, 1.54) is 11.1 Å². The maximum atomic E-state index is 5.92. The van der Waals surface area contributed by atoms with Gasteiger partial charge in [0.1, 0.15) is 18.6 Å². The minimum Gasteiger partial charge on any atom is -0.487 e. The predicted molar refractivity (Wildman–Crippen MR) is 131 cm³/mol. The lowest BCUT2D eigenvalue weighted by molar-refractivity contribution is 0.301. The second-order valence-electron chi connectivity index (χ2n) is 8.35. The molecule has 164 valence electrons. The van der Waals surface area contributed by atoms with Gasteiger partial charge in [-0.3, -0.25) is 4.98 Å². The average molecular weight is 491 g/mol. The Labute approximate surface area is 197 Å². The molecule has 0 aliphatic heterocycles. The van der Waals surface area contributed by atoms with E-state index in [1.807, 2.05) is 30.3 Å². The lowest BCUT2D eigenvalue weighted by Crippen LogP contribution is -2.30. The summed E-state index contributed by atoms with van der Waals surface area (Å²) < 4.78 is 11.5. The van der Waals surface area contributed by atoms with E-state index in [1.54, 1.807) is 12.5 Å². The van der Waals surface area contributed by atoms with Crippen molar-refractivity contribution >= 4 is 15.9 Å². The average Bonchev–Trinajstić information content (AvgIpc) is 3.33. The Morgan fingerprint density at radius 2 is 1.62 bits per heavy atom. The van der Waals surface area contributed by atoms with Crippen molar-refractivity contribution in [3.05, 3.63) is 102 Å². The highest BCUT2D eigenvalue weighted by Crippen LogP contribution is 2.40. The first-order valence-electron chi connectivity index (χ1n) is 10.7. The quantitative estimate of drug-likeness (QED) is 0.245. The zero-order chi connectivity index (χ0) is 22.6. The smallest absolute Gasteiger partial charge is 0.226 e. The molecule has 2 heterocycles. The fourth-order valence-corrected chi connectivity index (χ4v) is 4.09. The number of hydrogen-bond donors (Lipinski definition) is 0. The summed E-state index contributed by atoms with van der Waals surface area (Å²) in [5, 5.41) is 0.682. The molecule has 0 saturated carbocycles. The van der Waals surface area contributed by atoms with Crippen molar-refractivity contribution in [2.75, 3.05) is 0 Å². The first-order chi connectivity index (χ1) is 15.5. The molecule has 4 rings (SSSR count). The van der Waals surface area contributed by atoms with Crippen LogP contribution in [-0.2, 0) is 17.4 Å². The first-order valence-corrected chi connectivity index (χ1v) is 11.9. The third kappa shape index (κ3) is 4.63. The molecule has 32 heavy (non-hydrogen) atoms. The Morgan fingerprint density at radius 1 is 0.938 bits per heavy atom. The van der Waals surface area contributed by atoms with Crippen LogP contribution in [0.25, 0.3) is 11.5 Å². The van der Waals surface area contributed by atoms with Crippen molar-refractivity contribution in [1.82, 2.24) is 9.97 Å². The lowest BCUT2D eigenvalue weighted by Gasteiger charge is -2.35. The van der Waals surface area contributed by atoms with Crippen LogP contribution in [0, 0.1) is 5.92 Å². The number of halogens is 1. The molecule has 5 heteroatoms. The van der Waals surface area contributed by atoms with E-state index in [0.717, 1.165) is 22.7 Å². The monoisotopic (exact) mass is 490 g/mol. The molecule has 0 spiro atoms. The Bertz CT molecular complexity index is 1140. The van der Waals surface area contributed by atoms with E-state index < -0.39 is 0 Å². The van der Waals surface area contributed by atoms with Crippen molar-refractivity contribution in [2.24, 2.45) is 5.92 Å². The van der Waals surface area contributed by atoms with Crippen LogP contribution in [0.1, 0.15) is 43.3 Å². The molecule has 4 nitrogen and oxygen atoms in total. The second kappa shape index (κ2) is 9.70. The Morgan fingerprint density at radius 3 is 2.19 bits per heavy atom. The molecule has 0 radical (unpaired) electrons. The molecule has 0 fully saturated rings. The molecule has 0 aliphatic carbocycles. The van der Waals surface area contributed by atoms with E-state index >= 15 is 0 Å². The van der Waals surface area contributed by atoms with E-state index in [9.17, 15) is 0 Å². The molecule has 4 aromatic rings. The molecule has 1 unspecified atom stereocenters. The molecule has 0 N–H and O–H groups in total. The minimum atomic E-state index is -0.143. The van der Waals surface area contributed by atoms with Crippen LogP contribution in [0.4, 0.5) is 0 Å². The molecular formula is C27H27BrN2O2. The Kier molecular flexibility index (Phi) is 6.75. The Hall–Kier alpha value is -2.92. The van der Waals surface area contributed by atoms with Crippen LogP contribution >= 0.6 is 15.9 Å². The number of hydrogen-bond acceptors (Lipinski definition) is 4. The largest absolute Gasteiger partial charge is 0.487 e. The number of ether oxygens (including phenoxy) is 1. The summed E-state index contributed by atoms with van der Waals surface area (Å²) in [5.74, 6) is 1.88. The van der Waals surface area contributed by atoms with Gasteiger partial charge in [-0.15, -0.1) is 0 Å². The van der Waals surface area contributed by atoms with Crippen LogP contribution < -0.4 is 4.74 Å². The summed E-state index contributed by atoms with van der Waals surface area (Å²) in [4.78, 5) is 8.81. The first kappa shape index (κ1) is 22.3.